The van der Waals surface area contributed by atoms with Crippen LogP contribution in [0, 0.1) is 0 Å². The molecule has 2 aromatic carbocycles. The summed E-state index contributed by atoms with van der Waals surface area (Å²) in [6.45, 7) is 0. The molecule has 1 amide bonds. The van der Waals surface area contributed by atoms with Gasteiger partial charge in [0.15, 0.2) is 9.84 Å². The van der Waals surface area contributed by atoms with Gasteiger partial charge in [0, 0.05) is 24.8 Å². The van der Waals surface area contributed by atoms with Crippen LogP contribution in [-0.4, -0.2) is 30.5 Å². The van der Waals surface area contributed by atoms with Gasteiger partial charge in [-0.25, -0.2) is 13.4 Å². The highest BCUT2D eigenvalue weighted by atomic mass is 32.2. The average molecular weight is 385 g/mol. The van der Waals surface area contributed by atoms with Crippen LogP contribution in [0.15, 0.2) is 58.2 Å². The van der Waals surface area contributed by atoms with Gasteiger partial charge in [-0.3, -0.25) is 9.59 Å². The fraction of sp³-hybridized carbons (Fsp3) is 0.211. The third-order valence-electron chi connectivity index (χ3n) is 4.03. The van der Waals surface area contributed by atoms with E-state index in [0.717, 1.165) is 6.26 Å². The molecule has 0 radical (unpaired) electrons. The molecule has 3 aromatic rings. The molecular weight excluding hydrogens is 366 g/mol. The van der Waals surface area contributed by atoms with Crippen molar-refractivity contribution in [2.24, 2.45) is 0 Å². The van der Waals surface area contributed by atoms with Crippen molar-refractivity contribution in [2.75, 3.05) is 11.6 Å². The summed E-state index contributed by atoms with van der Waals surface area (Å²) < 4.78 is 23.1. The van der Waals surface area contributed by atoms with Crippen molar-refractivity contribution in [1.29, 1.82) is 0 Å². The summed E-state index contributed by atoms with van der Waals surface area (Å²) in [7, 11) is -3.33. The number of carbonyl (C=O) groups excluding carboxylic acids is 1. The van der Waals surface area contributed by atoms with Crippen molar-refractivity contribution in [2.45, 2.75) is 24.2 Å². The number of aryl methyl sites for hydroxylation is 1. The summed E-state index contributed by atoms with van der Waals surface area (Å²) in [5.41, 5.74) is 0.857. The van der Waals surface area contributed by atoms with E-state index in [0.29, 0.717) is 35.3 Å². The lowest BCUT2D eigenvalue weighted by molar-refractivity contribution is -0.116. The molecule has 0 unspecified atom stereocenters. The fourth-order valence-electron chi connectivity index (χ4n) is 2.70. The third kappa shape index (κ3) is 4.79. The number of nitrogens with zero attached hydrogens (tertiary/aromatic N) is 1. The second kappa shape index (κ2) is 7.71. The van der Waals surface area contributed by atoms with Crippen molar-refractivity contribution in [3.63, 3.8) is 0 Å². The number of carbonyl (C=O) groups is 1. The Morgan fingerprint density at radius 1 is 1.15 bits per heavy atom. The Hall–Kier alpha value is -3.00. The number of nitrogens with one attached hydrogen (secondary N) is 2. The van der Waals surface area contributed by atoms with Crippen molar-refractivity contribution < 1.29 is 13.2 Å². The molecule has 0 bridgehead atoms. The predicted molar refractivity (Wildman–Crippen MR) is 103 cm³/mol. The molecule has 1 aromatic heterocycles. The zero-order valence-corrected chi connectivity index (χ0v) is 15.5. The number of anilines is 1. The molecular formula is C19H19N3O4S. The summed E-state index contributed by atoms with van der Waals surface area (Å²) >= 11 is 0. The molecule has 0 aliphatic heterocycles. The first-order valence-electron chi connectivity index (χ1n) is 8.41. The molecule has 0 aliphatic rings. The highest BCUT2D eigenvalue weighted by molar-refractivity contribution is 7.90. The maximum atomic E-state index is 12.1. The fourth-order valence-corrected chi connectivity index (χ4v) is 3.36. The van der Waals surface area contributed by atoms with E-state index in [4.69, 9.17) is 0 Å². The van der Waals surface area contributed by atoms with Crippen LogP contribution in [0.4, 0.5) is 5.69 Å². The van der Waals surface area contributed by atoms with Gasteiger partial charge >= 0.3 is 0 Å². The van der Waals surface area contributed by atoms with Crippen molar-refractivity contribution in [1.82, 2.24) is 9.97 Å². The van der Waals surface area contributed by atoms with E-state index in [2.05, 4.69) is 15.3 Å². The van der Waals surface area contributed by atoms with Gasteiger partial charge in [-0.2, -0.15) is 0 Å². The number of H-pyrrole nitrogens is 1. The number of rotatable bonds is 6. The molecule has 1 heterocycles. The van der Waals surface area contributed by atoms with Crippen LogP contribution in [0.1, 0.15) is 18.7 Å². The minimum atomic E-state index is -3.33. The van der Waals surface area contributed by atoms with Gasteiger partial charge < -0.3 is 10.3 Å². The minimum absolute atomic E-state index is 0.151. The highest BCUT2D eigenvalue weighted by Gasteiger charge is 2.09. The van der Waals surface area contributed by atoms with E-state index in [1.807, 2.05) is 6.07 Å². The SMILES string of the molecule is CS(=O)(=O)c1cccc(NC(=O)CCCc2nc3ccccc3c(=O)[nH]2)c1. The van der Waals surface area contributed by atoms with Gasteiger partial charge in [0.2, 0.25) is 5.91 Å². The molecule has 0 aliphatic carbocycles. The largest absolute Gasteiger partial charge is 0.326 e. The number of amides is 1. The van der Waals surface area contributed by atoms with Gasteiger partial charge in [-0.15, -0.1) is 0 Å². The Bertz CT molecular complexity index is 1150. The van der Waals surface area contributed by atoms with Gasteiger partial charge in [0.25, 0.3) is 5.56 Å². The number of sulfone groups is 1. The van der Waals surface area contributed by atoms with Crippen LogP contribution >= 0.6 is 0 Å². The number of fused-ring (bicyclic) bond motifs is 1. The Morgan fingerprint density at radius 2 is 1.93 bits per heavy atom. The third-order valence-corrected chi connectivity index (χ3v) is 5.14. The molecule has 7 nitrogen and oxygen atoms in total. The van der Waals surface area contributed by atoms with E-state index in [1.165, 1.54) is 12.1 Å². The maximum absolute atomic E-state index is 12.1. The van der Waals surface area contributed by atoms with Crippen molar-refractivity contribution in [3.05, 3.63) is 64.7 Å². The Kier molecular flexibility index (Phi) is 5.36. The Balaban J connectivity index is 1.60. The molecule has 8 heteroatoms. The number of aromatic nitrogens is 2. The number of hydrogen-bond donors (Lipinski definition) is 2. The van der Waals surface area contributed by atoms with Crippen LogP contribution in [-0.2, 0) is 21.1 Å². The van der Waals surface area contributed by atoms with Gasteiger partial charge in [0.1, 0.15) is 5.82 Å². The van der Waals surface area contributed by atoms with E-state index >= 15 is 0 Å². The summed E-state index contributed by atoms with van der Waals surface area (Å²) in [6, 6.07) is 13.2. The molecule has 0 spiro atoms. The average Bonchev–Trinajstić information content (AvgIpc) is 2.61. The first-order chi connectivity index (χ1) is 12.8. The smallest absolute Gasteiger partial charge is 0.258 e. The summed E-state index contributed by atoms with van der Waals surface area (Å²) in [4.78, 5) is 31.4. The molecule has 0 saturated heterocycles. The minimum Gasteiger partial charge on any atom is -0.326 e. The quantitative estimate of drug-likeness (QED) is 0.677. The lowest BCUT2D eigenvalue weighted by Gasteiger charge is -2.07. The first-order valence-corrected chi connectivity index (χ1v) is 10.3. The molecule has 27 heavy (non-hydrogen) atoms. The van der Waals surface area contributed by atoms with Crippen molar-refractivity contribution in [3.8, 4) is 0 Å². The van der Waals surface area contributed by atoms with E-state index in [9.17, 15) is 18.0 Å². The number of hydrogen-bond acceptors (Lipinski definition) is 5. The monoisotopic (exact) mass is 385 g/mol. The second-order valence-corrected chi connectivity index (χ2v) is 8.25. The maximum Gasteiger partial charge on any atom is 0.258 e. The zero-order valence-electron chi connectivity index (χ0n) is 14.7. The van der Waals surface area contributed by atoms with Crippen LogP contribution in [0.5, 0.6) is 0 Å². The molecule has 3 rings (SSSR count). The van der Waals surface area contributed by atoms with Crippen LogP contribution < -0.4 is 10.9 Å². The second-order valence-electron chi connectivity index (χ2n) is 6.23. The van der Waals surface area contributed by atoms with Gasteiger partial charge in [-0.1, -0.05) is 18.2 Å². The van der Waals surface area contributed by atoms with Crippen LogP contribution in [0.3, 0.4) is 0 Å². The van der Waals surface area contributed by atoms with Gasteiger partial charge in [-0.05, 0) is 36.8 Å². The predicted octanol–water partition coefficient (Wildman–Crippen LogP) is 2.29. The molecule has 2 N–H and O–H groups in total. The Morgan fingerprint density at radius 3 is 2.70 bits per heavy atom. The lowest BCUT2D eigenvalue weighted by Crippen LogP contribution is -2.14. The summed E-state index contributed by atoms with van der Waals surface area (Å²) in [5.74, 6) is 0.300. The normalized spacial score (nSPS) is 11.4. The zero-order chi connectivity index (χ0) is 19.4. The van der Waals surface area contributed by atoms with Crippen LogP contribution in [0.25, 0.3) is 10.9 Å². The van der Waals surface area contributed by atoms with Crippen LogP contribution in [0.2, 0.25) is 0 Å². The number of para-hydroxylation sites is 1. The highest BCUT2D eigenvalue weighted by Crippen LogP contribution is 2.16. The van der Waals surface area contributed by atoms with E-state index < -0.39 is 9.84 Å². The summed E-state index contributed by atoms with van der Waals surface area (Å²) in [6.07, 6.45) is 2.29. The van der Waals surface area contributed by atoms with Crippen molar-refractivity contribution >= 4 is 32.3 Å². The number of aromatic amines is 1. The van der Waals surface area contributed by atoms with E-state index in [1.54, 1.807) is 30.3 Å². The summed E-state index contributed by atoms with van der Waals surface area (Å²) in [5, 5.41) is 3.22. The van der Waals surface area contributed by atoms with Gasteiger partial charge in [0.05, 0.1) is 15.8 Å². The lowest BCUT2D eigenvalue weighted by atomic mass is 10.2. The topological polar surface area (TPSA) is 109 Å². The molecule has 0 fully saturated rings. The molecule has 140 valence electrons. The Labute approximate surface area is 156 Å². The first kappa shape index (κ1) is 18.8. The standard InChI is InChI=1S/C19H19N3O4S/c1-27(25,26)14-7-4-6-13(12-14)20-18(23)11-5-10-17-21-16-9-3-2-8-15(16)19(24)22-17/h2-4,6-9,12H,5,10-11H2,1H3,(H,20,23)(H,21,22,24). The molecule has 0 atom stereocenters. The molecule has 0 saturated carbocycles. The van der Waals surface area contributed by atoms with E-state index in [-0.39, 0.29) is 22.8 Å². The number of benzene rings is 2.